The molecule has 0 radical (unpaired) electrons. The van der Waals surface area contributed by atoms with E-state index in [4.69, 9.17) is 0 Å². The number of nitro groups is 1. The Morgan fingerprint density at radius 1 is 1.40 bits per heavy atom. The Bertz CT molecular complexity index is 630. The molecule has 0 aliphatic heterocycles. The SMILES string of the molecule is CC(O)CC(C)Nc1ncnc2ccc([N+](=O)[O-])cc12. The van der Waals surface area contributed by atoms with Crippen LogP contribution in [0.3, 0.4) is 0 Å². The number of non-ortho nitro benzene ring substituents is 1. The second kappa shape index (κ2) is 5.79. The highest BCUT2D eigenvalue weighted by atomic mass is 16.6. The fraction of sp³-hybridized carbons (Fsp3) is 0.385. The maximum atomic E-state index is 10.8. The van der Waals surface area contributed by atoms with Crippen LogP contribution < -0.4 is 5.32 Å². The predicted octanol–water partition coefficient (Wildman–Crippen LogP) is 2.11. The monoisotopic (exact) mass is 276 g/mol. The molecule has 2 unspecified atom stereocenters. The lowest BCUT2D eigenvalue weighted by atomic mass is 10.1. The van der Waals surface area contributed by atoms with Gasteiger partial charge in [0.1, 0.15) is 12.1 Å². The lowest BCUT2D eigenvalue weighted by Gasteiger charge is -2.16. The lowest BCUT2D eigenvalue weighted by molar-refractivity contribution is -0.384. The molecular weight excluding hydrogens is 260 g/mol. The van der Waals surface area contributed by atoms with Crippen LogP contribution in [0.4, 0.5) is 11.5 Å². The van der Waals surface area contributed by atoms with E-state index < -0.39 is 11.0 Å². The van der Waals surface area contributed by atoms with E-state index in [1.54, 1.807) is 13.0 Å². The molecule has 2 rings (SSSR count). The van der Waals surface area contributed by atoms with Crippen LogP contribution in [0.25, 0.3) is 10.9 Å². The largest absolute Gasteiger partial charge is 0.393 e. The van der Waals surface area contributed by atoms with E-state index in [0.717, 1.165) is 0 Å². The maximum absolute atomic E-state index is 10.8. The van der Waals surface area contributed by atoms with Crippen LogP contribution in [-0.4, -0.2) is 32.1 Å². The topological polar surface area (TPSA) is 101 Å². The Labute approximate surface area is 115 Å². The molecule has 2 atom stereocenters. The Kier molecular flexibility index (Phi) is 4.09. The molecular formula is C13H16N4O3. The zero-order chi connectivity index (χ0) is 14.7. The number of rotatable bonds is 5. The van der Waals surface area contributed by atoms with Gasteiger partial charge in [-0.05, 0) is 26.3 Å². The van der Waals surface area contributed by atoms with Crippen molar-refractivity contribution >= 4 is 22.4 Å². The third-order valence-electron chi connectivity index (χ3n) is 2.91. The number of nitro benzene ring substituents is 1. The van der Waals surface area contributed by atoms with Gasteiger partial charge in [0.2, 0.25) is 0 Å². The normalized spacial score (nSPS) is 13.9. The van der Waals surface area contributed by atoms with E-state index in [9.17, 15) is 15.2 Å². The number of benzene rings is 1. The molecule has 0 amide bonds. The summed E-state index contributed by atoms with van der Waals surface area (Å²) >= 11 is 0. The third-order valence-corrected chi connectivity index (χ3v) is 2.91. The summed E-state index contributed by atoms with van der Waals surface area (Å²) < 4.78 is 0. The van der Waals surface area contributed by atoms with Crippen LogP contribution in [0.15, 0.2) is 24.5 Å². The smallest absolute Gasteiger partial charge is 0.270 e. The van der Waals surface area contributed by atoms with Crippen molar-refractivity contribution in [2.75, 3.05) is 5.32 Å². The molecule has 7 nitrogen and oxygen atoms in total. The average molecular weight is 276 g/mol. The minimum Gasteiger partial charge on any atom is -0.393 e. The highest BCUT2D eigenvalue weighted by Crippen LogP contribution is 2.24. The molecule has 0 aliphatic rings. The number of aromatic nitrogens is 2. The molecule has 0 aliphatic carbocycles. The van der Waals surface area contributed by atoms with Crippen LogP contribution in [0.1, 0.15) is 20.3 Å². The number of nitrogens with one attached hydrogen (secondary N) is 1. The molecule has 0 saturated carbocycles. The number of aliphatic hydroxyl groups excluding tert-OH is 1. The van der Waals surface area contributed by atoms with E-state index in [0.29, 0.717) is 23.1 Å². The van der Waals surface area contributed by atoms with Gasteiger partial charge in [0.15, 0.2) is 0 Å². The minimum absolute atomic E-state index is 0.00136. The average Bonchev–Trinajstić information content (AvgIpc) is 2.37. The number of hydrogen-bond acceptors (Lipinski definition) is 6. The van der Waals surface area contributed by atoms with Crippen LogP contribution >= 0.6 is 0 Å². The predicted molar refractivity (Wildman–Crippen MR) is 75.6 cm³/mol. The van der Waals surface area contributed by atoms with Crippen LogP contribution in [0.5, 0.6) is 0 Å². The van der Waals surface area contributed by atoms with Crippen molar-refractivity contribution in [2.45, 2.75) is 32.4 Å². The standard InChI is InChI=1S/C13H16N4O3/c1-8(5-9(2)18)16-13-11-6-10(17(19)20)3-4-12(11)14-7-15-13/h3-4,6-9,18H,5H2,1-2H3,(H,14,15,16). The molecule has 0 bridgehead atoms. The van der Waals surface area contributed by atoms with Gasteiger partial charge in [0.05, 0.1) is 16.5 Å². The van der Waals surface area contributed by atoms with Crippen LogP contribution in [0, 0.1) is 10.1 Å². The number of fused-ring (bicyclic) bond motifs is 1. The van der Waals surface area contributed by atoms with Crippen molar-refractivity contribution in [1.82, 2.24) is 9.97 Å². The van der Waals surface area contributed by atoms with Crippen molar-refractivity contribution in [2.24, 2.45) is 0 Å². The van der Waals surface area contributed by atoms with E-state index >= 15 is 0 Å². The summed E-state index contributed by atoms with van der Waals surface area (Å²) in [6.07, 6.45) is 1.53. The first-order valence-electron chi connectivity index (χ1n) is 6.31. The molecule has 1 aromatic carbocycles. The third kappa shape index (κ3) is 3.18. The van der Waals surface area contributed by atoms with Gasteiger partial charge in [-0.3, -0.25) is 10.1 Å². The van der Waals surface area contributed by atoms with Gasteiger partial charge >= 0.3 is 0 Å². The molecule has 1 aromatic heterocycles. The zero-order valence-corrected chi connectivity index (χ0v) is 11.3. The van der Waals surface area contributed by atoms with E-state index in [1.165, 1.54) is 18.5 Å². The van der Waals surface area contributed by atoms with Gasteiger partial charge in [-0.25, -0.2) is 9.97 Å². The second-order valence-corrected chi connectivity index (χ2v) is 4.81. The minimum atomic E-state index is -0.449. The van der Waals surface area contributed by atoms with Crippen molar-refractivity contribution in [3.8, 4) is 0 Å². The van der Waals surface area contributed by atoms with Gasteiger partial charge in [-0.1, -0.05) is 0 Å². The van der Waals surface area contributed by atoms with Crippen LogP contribution in [0.2, 0.25) is 0 Å². The van der Waals surface area contributed by atoms with Gasteiger partial charge in [0, 0.05) is 23.6 Å². The fourth-order valence-corrected chi connectivity index (χ4v) is 2.08. The van der Waals surface area contributed by atoms with E-state index in [2.05, 4.69) is 15.3 Å². The summed E-state index contributed by atoms with van der Waals surface area (Å²) in [7, 11) is 0. The quantitative estimate of drug-likeness (QED) is 0.640. The zero-order valence-electron chi connectivity index (χ0n) is 11.3. The molecule has 106 valence electrons. The Morgan fingerprint density at radius 3 is 2.80 bits per heavy atom. The summed E-state index contributed by atoms with van der Waals surface area (Å²) in [4.78, 5) is 18.6. The number of hydrogen-bond donors (Lipinski definition) is 2. The highest BCUT2D eigenvalue weighted by molar-refractivity contribution is 5.90. The fourth-order valence-electron chi connectivity index (χ4n) is 2.08. The van der Waals surface area contributed by atoms with Crippen LogP contribution in [-0.2, 0) is 0 Å². The summed E-state index contributed by atoms with van der Waals surface area (Å²) in [6, 6.07) is 4.46. The lowest BCUT2D eigenvalue weighted by Crippen LogP contribution is -2.21. The highest BCUT2D eigenvalue weighted by Gasteiger charge is 2.13. The number of nitrogens with zero attached hydrogens (tertiary/aromatic N) is 3. The maximum Gasteiger partial charge on any atom is 0.270 e. The first-order chi connectivity index (χ1) is 9.47. The van der Waals surface area contributed by atoms with E-state index in [1.807, 2.05) is 6.92 Å². The first kappa shape index (κ1) is 14.1. The molecule has 2 aromatic rings. The number of aliphatic hydroxyl groups is 1. The second-order valence-electron chi connectivity index (χ2n) is 4.81. The molecule has 20 heavy (non-hydrogen) atoms. The summed E-state index contributed by atoms with van der Waals surface area (Å²) in [5, 5.41) is 23.9. The molecule has 2 N–H and O–H groups in total. The van der Waals surface area contributed by atoms with Crippen molar-refractivity contribution in [1.29, 1.82) is 0 Å². The summed E-state index contributed by atoms with van der Waals surface area (Å²) in [6.45, 7) is 3.62. The Hall–Kier alpha value is -2.28. The molecule has 0 fully saturated rings. The molecule has 7 heteroatoms. The van der Waals surface area contributed by atoms with Crippen molar-refractivity contribution in [3.05, 3.63) is 34.6 Å². The first-order valence-corrected chi connectivity index (χ1v) is 6.31. The van der Waals surface area contributed by atoms with Crippen molar-refractivity contribution in [3.63, 3.8) is 0 Å². The number of anilines is 1. The summed E-state index contributed by atoms with van der Waals surface area (Å²) in [5.74, 6) is 0.534. The Morgan fingerprint density at radius 2 is 2.15 bits per heavy atom. The molecule has 0 saturated heterocycles. The van der Waals surface area contributed by atoms with Gasteiger partial charge in [0.25, 0.3) is 5.69 Å². The van der Waals surface area contributed by atoms with E-state index in [-0.39, 0.29) is 11.7 Å². The molecule has 0 spiro atoms. The van der Waals surface area contributed by atoms with Crippen molar-refractivity contribution < 1.29 is 10.0 Å². The van der Waals surface area contributed by atoms with Gasteiger partial charge in [-0.15, -0.1) is 0 Å². The summed E-state index contributed by atoms with van der Waals surface area (Å²) in [5.41, 5.74) is 0.635. The van der Waals surface area contributed by atoms with Gasteiger partial charge in [-0.2, -0.15) is 0 Å². The van der Waals surface area contributed by atoms with Gasteiger partial charge < -0.3 is 10.4 Å². The Balaban J connectivity index is 2.37. The molecule has 1 heterocycles.